The Morgan fingerprint density at radius 2 is 2.11 bits per heavy atom. The average Bonchev–Trinajstić information content (AvgIpc) is 2.38. The number of carbonyl (C=O) groups excluding carboxylic acids is 1. The zero-order valence-electron chi connectivity index (χ0n) is 10.5. The van der Waals surface area contributed by atoms with Gasteiger partial charge in [-0.25, -0.2) is 0 Å². The molecule has 0 aliphatic heterocycles. The Morgan fingerprint density at radius 3 is 2.61 bits per heavy atom. The maximum atomic E-state index is 10.9. The number of aliphatic carboxylic acids is 1. The molecule has 0 N–H and O–H groups in total. The summed E-state index contributed by atoms with van der Waals surface area (Å²) in [7, 11) is 1.57. The van der Waals surface area contributed by atoms with E-state index in [0.29, 0.717) is 12.3 Å². The van der Waals surface area contributed by atoms with Crippen molar-refractivity contribution in [2.75, 3.05) is 13.7 Å². The molecule has 0 heterocycles. The summed E-state index contributed by atoms with van der Waals surface area (Å²) in [4.78, 5) is 14.8. The van der Waals surface area contributed by atoms with Crippen LogP contribution in [0.5, 0.6) is 5.75 Å². The number of hydrogen-bond acceptors (Lipinski definition) is 3. The van der Waals surface area contributed by atoms with E-state index in [0.717, 1.165) is 12.0 Å². The lowest BCUT2D eigenvalue weighted by molar-refractivity contribution is -0.298. The highest BCUT2D eigenvalue weighted by Gasteiger charge is 2.02. The molecule has 94 valence electrons. The van der Waals surface area contributed by atoms with Crippen LogP contribution in [0.4, 0.5) is 0 Å². The lowest BCUT2D eigenvalue weighted by Crippen LogP contribution is -2.23. The summed E-state index contributed by atoms with van der Waals surface area (Å²) in [6.07, 6.45) is 2.31. The van der Waals surface area contributed by atoms with Gasteiger partial charge in [0, 0.05) is 6.42 Å². The quantitative estimate of drug-likeness (QED) is 0.597. The van der Waals surface area contributed by atoms with Crippen LogP contribution in [0.3, 0.4) is 0 Å². The molecule has 0 radical (unpaired) electrons. The van der Waals surface area contributed by atoms with Crippen LogP contribution in [0.15, 0.2) is 29.8 Å². The molecular formula is C14H15NO3. The van der Waals surface area contributed by atoms with Crippen molar-refractivity contribution in [3.63, 3.8) is 0 Å². The van der Waals surface area contributed by atoms with Crippen molar-refractivity contribution in [1.29, 1.82) is 0 Å². The molecule has 0 bridgehead atoms. The maximum Gasteiger partial charge on any atom is 0.312 e. The van der Waals surface area contributed by atoms with Gasteiger partial charge in [-0.3, -0.25) is 0 Å². The molecule has 0 atom stereocenters. The van der Waals surface area contributed by atoms with E-state index in [4.69, 9.17) is 4.74 Å². The van der Waals surface area contributed by atoms with Crippen molar-refractivity contribution in [3.8, 4) is 11.8 Å². The second kappa shape index (κ2) is 7.13. The topological polar surface area (TPSA) is 53.7 Å². The third-order valence-electron chi connectivity index (χ3n) is 2.18. The van der Waals surface area contributed by atoms with Crippen molar-refractivity contribution in [2.45, 2.75) is 13.3 Å². The van der Waals surface area contributed by atoms with Crippen LogP contribution in [0, 0.1) is 6.07 Å². The molecule has 0 saturated carbocycles. The molecule has 18 heavy (non-hydrogen) atoms. The van der Waals surface area contributed by atoms with Gasteiger partial charge in [0.05, 0.1) is 13.1 Å². The molecular weight excluding hydrogens is 230 g/mol. The fraction of sp³-hybridized carbons (Fsp3) is 0.286. The van der Waals surface area contributed by atoms with Gasteiger partial charge in [0.25, 0.3) is 6.54 Å². The average molecular weight is 245 g/mol. The number of nitrogens with zero attached hydrogens (tertiary/aromatic N) is 1. The first-order valence-electron chi connectivity index (χ1n) is 5.67. The Bertz CT molecular complexity index is 492. The van der Waals surface area contributed by atoms with Crippen molar-refractivity contribution in [3.05, 3.63) is 40.2 Å². The summed E-state index contributed by atoms with van der Waals surface area (Å²) in [6.45, 7) is 2.50. The number of rotatable bonds is 4. The predicted molar refractivity (Wildman–Crippen MR) is 68.4 cm³/mol. The summed E-state index contributed by atoms with van der Waals surface area (Å²) >= 11 is 0. The summed E-state index contributed by atoms with van der Waals surface area (Å²) in [6, 6.07) is 9.50. The van der Waals surface area contributed by atoms with Crippen molar-refractivity contribution >= 4 is 12.0 Å². The minimum absolute atomic E-state index is 0.0615. The number of carbonyl (C=O) groups is 1. The third-order valence-corrected chi connectivity index (χ3v) is 2.18. The number of methoxy groups -OCH3 is 1. The summed E-state index contributed by atoms with van der Waals surface area (Å²) < 4.78 is 5.02. The van der Waals surface area contributed by atoms with Crippen LogP contribution >= 0.6 is 0 Å². The number of benzene rings is 1. The van der Waals surface area contributed by atoms with Gasteiger partial charge >= 0.3 is 6.07 Å². The first-order chi connectivity index (χ1) is 8.67. The van der Waals surface area contributed by atoms with Crippen LogP contribution in [0.1, 0.15) is 18.9 Å². The first kappa shape index (κ1) is 13.8. The molecule has 4 nitrogen and oxygen atoms in total. The first-order valence-corrected chi connectivity index (χ1v) is 5.67. The van der Waals surface area contributed by atoms with Crippen molar-refractivity contribution in [1.82, 2.24) is 0 Å². The fourth-order valence-electron chi connectivity index (χ4n) is 1.26. The van der Waals surface area contributed by atoms with E-state index in [1.54, 1.807) is 31.4 Å². The molecule has 0 amide bonds. The monoisotopic (exact) mass is 245 g/mol. The van der Waals surface area contributed by atoms with Crippen LogP contribution in [-0.2, 0) is 4.79 Å². The number of carboxylic acids is 1. The molecule has 1 aromatic rings. The molecule has 4 heteroatoms. The summed E-state index contributed by atoms with van der Waals surface area (Å²) in [5.41, 5.74) is 0.669. The highest BCUT2D eigenvalue weighted by atomic mass is 16.5. The second-order valence-corrected chi connectivity index (χ2v) is 3.61. The van der Waals surface area contributed by atoms with E-state index in [2.05, 4.69) is 10.9 Å². The van der Waals surface area contributed by atoms with Crippen LogP contribution in [-0.4, -0.2) is 19.6 Å². The normalized spacial score (nSPS) is 10.4. The second-order valence-electron chi connectivity index (χ2n) is 3.61. The molecule has 1 aromatic carbocycles. The smallest absolute Gasteiger partial charge is 0.312 e. The fourth-order valence-corrected chi connectivity index (χ4v) is 1.26. The molecule has 0 saturated heterocycles. The Balaban J connectivity index is 2.94. The highest BCUT2D eigenvalue weighted by molar-refractivity contribution is 5.95. The molecule has 0 aliphatic rings. The van der Waals surface area contributed by atoms with E-state index in [9.17, 15) is 9.90 Å². The molecule has 0 aromatic heterocycles. The molecule has 0 aliphatic carbocycles. The Hall–Kier alpha value is -2.28. The standard InChI is InChI=1S/C14H15NO3/c1-3-8-15-10-12(14(16)17)9-11-4-6-13(18-2)7-5-11/h4-7,9H,3,8H2,1-2H3. The minimum atomic E-state index is -1.29. The number of ether oxygens (including phenoxy) is 1. The van der Waals surface area contributed by atoms with Gasteiger partial charge in [-0.1, -0.05) is 23.9 Å². The van der Waals surface area contributed by atoms with Crippen molar-refractivity contribution in [2.24, 2.45) is 0 Å². The SMILES string of the molecule is CCC[N+]#CC(=Cc1ccc(OC)cc1)C(=O)[O-]. The summed E-state index contributed by atoms with van der Waals surface area (Å²) in [5.74, 6) is -0.573. The molecule has 0 unspecified atom stereocenters. The summed E-state index contributed by atoms with van der Waals surface area (Å²) in [5, 5.41) is 10.9. The van der Waals surface area contributed by atoms with E-state index < -0.39 is 5.97 Å². The van der Waals surface area contributed by atoms with Gasteiger partial charge in [-0.2, -0.15) is 0 Å². The minimum Gasteiger partial charge on any atom is -0.544 e. The van der Waals surface area contributed by atoms with E-state index in [-0.39, 0.29) is 5.57 Å². The third kappa shape index (κ3) is 4.30. The zero-order chi connectivity index (χ0) is 13.4. The Kier molecular flexibility index (Phi) is 5.46. The number of hydrogen-bond donors (Lipinski definition) is 0. The molecule has 0 spiro atoms. The predicted octanol–water partition coefficient (Wildman–Crippen LogP) is 1.57. The van der Waals surface area contributed by atoms with Crippen molar-refractivity contribution < 1.29 is 14.6 Å². The van der Waals surface area contributed by atoms with Gasteiger partial charge in [0.1, 0.15) is 11.3 Å². The molecule has 0 fully saturated rings. The highest BCUT2D eigenvalue weighted by Crippen LogP contribution is 2.13. The van der Waals surface area contributed by atoms with Gasteiger partial charge in [-0.15, -0.1) is 0 Å². The van der Waals surface area contributed by atoms with E-state index in [1.807, 2.05) is 6.92 Å². The van der Waals surface area contributed by atoms with Crippen LogP contribution in [0.2, 0.25) is 0 Å². The largest absolute Gasteiger partial charge is 0.544 e. The lowest BCUT2D eigenvalue weighted by atomic mass is 10.1. The van der Waals surface area contributed by atoms with E-state index >= 15 is 0 Å². The van der Waals surface area contributed by atoms with Crippen LogP contribution < -0.4 is 9.84 Å². The Morgan fingerprint density at radius 1 is 1.44 bits per heavy atom. The van der Waals surface area contributed by atoms with E-state index in [1.165, 1.54) is 6.08 Å². The molecule has 1 rings (SSSR count). The Labute approximate surface area is 106 Å². The van der Waals surface area contributed by atoms with Gasteiger partial charge in [-0.05, 0) is 23.8 Å². The number of carboxylic acid groups (broad SMARTS) is 1. The van der Waals surface area contributed by atoms with Gasteiger partial charge in [0.2, 0.25) is 0 Å². The maximum absolute atomic E-state index is 10.9. The van der Waals surface area contributed by atoms with Gasteiger partial charge in [0.15, 0.2) is 0 Å². The van der Waals surface area contributed by atoms with Crippen LogP contribution in [0.25, 0.3) is 10.9 Å². The lowest BCUT2D eigenvalue weighted by Gasteiger charge is -2.00. The van der Waals surface area contributed by atoms with Gasteiger partial charge < -0.3 is 14.6 Å². The zero-order valence-corrected chi connectivity index (χ0v) is 10.5.